The number of hydrogen-bond donors (Lipinski definition) is 1. The molecular weight excluding hydrogens is 232 g/mol. The summed E-state index contributed by atoms with van der Waals surface area (Å²) < 4.78 is 0. The highest BCUT2D eigenvalue weighted by molar-refractivity contribution is 7.80. The lowest BCUT2D eigenvalue weighted by molar-refractivity contribution is -0.0592. The Kier molecular flexibility index (Phi) is 3.02. The topological polar surface area (TPSA) is 35.8 Å². The molecule has 0 spiro atoms. The molecule has 0 fully saturated rings. The molecule has 17 heavy (non-hydrogen) atoms. The zero-order valence-electron chi connectivity index (χ0n) is 10.2. The molecule has 0 aliphatic carbocycles. The van der Waals surface area contributed by atoms with E-state index in [1.165, 1.54) is 5.01 Å². The van der Waals surface area contributed by atoms with Crippen LogP contribution in [0.3, 0.4) is 0 Å². The van der Waals surface area contributed by atoms with E-state index in [-0.39, 0.29) is 5.92 Å². The molecule has 1 aromatic rings. The van der Waals surface area contributed by atoms with Crippen LogP contribution in [0.1, 0.15) is 26.3 Å². The first kappa shape index (κ1) is 12.2. The van der Waals surface area contributed by atoms with Crippen LogP contribution in [0.15, 0.2) is 35.4 Å². The molecule has 1 N–H and O–H groups in total. The molecule has 2 unspecified atom stereocenters. The van der Waals surface area contributed by atoms with Gasteiger partial charge >= 0.3 is 0 Å². The summed E-state index contributed by atoms with van der Waals surface area (Å²) in [4.78, 5) is 0.555. The second-order valence-corrected chi connectivity index (χ2v) is 4.93. The molecule has 0 bridgehead atoms. The maximum atomic E-state index is 10.4. The minimum atomic E-state index is -1.04. The van der Waals surface area contributed by atoms with E-state index in [9.17, 15) is 5.11 Å². The van der Waals surface area contributed by atoms with E-state index in [1.807, 2.05) is 44.2 Å². The molecule has 4 heteroatoms. The van der Waals surface area contributed by atoms with Gasteiger partial charge in [-0.3, -0.25) is 0 Å². The van der Waals surface area contributed by atoms with E-state index in [1.54, 1.807) is 6.92 Å². The molecular formula is C13H16N2OS. The van der Waals surface area contributed by atoms with Crippen molar-refractivity contribution in [2.45, 2.75) is 26.5 Å². The molecule has 3 nitrogen and oxygen atoms in total. The van der Waals surface area contributed by atoms with Gasteiger partial charge in [-0.05, 0) is 13.8 Å². The number of rotatable bonds is 1. The van der Waals surface area contributed by atoms with E-state index in [0.717, 1.165) is 11.3 Å². The maximum absolute atomic E-state index is 10.4. The average Bonchev–Trinajstić information content (AvgIpc) is 2.53. The van der Waals surface area contributed by atoms with Crippen LogP contribution in [0.2, 0.25) is 0 Å². The lowest BCUT2D eigenvalue weighted by Gasteiger charge is -2.32. The van der Waals surface area contributed by atoms with Crippen LogP contribution in [-0.4, -0.2) is 26.5 Å². The first-order valence-electron chi connectivity index (χ1n) is 5.61. The quantitative estimate of drug-likeness (QED) is 0.775. The number of benzene rings is 1. The molecule has 1 heterocycles. The number of hydrazone groups is 1. The fraction of sp³-hybridized carbons (Fsp3) is 0.385. The highest BCUT2D eigenvalue weighted by atomic mass is 32.1. The van der Waals surface area contributed by atoms with Crippen LogP contribution in [0.4, 0.5) is 0 Å². The first-order chi connectivity index (χ1) is 7.94. The Bertz CT molecular complexity index is 468. The van der Waals surface area contributed by atoms with Gasteiger partial charge in [0.2, 0.25) is 0 Å². The molecule has 0 amide bonds. The molecule has 1 aliphatic rings. The van der Waals surface area contributed by atoms with E-state index in [0.29, 0.717) is 4.99 Å². The molecule has 0 aromatic heterocycles. The Hall–Kier alpha value is -1.26. The van der Waals surface area contributed by atoms with Crippen LogP contribution in [0.25, 0.3) is 0 Å². The molecule has 1 aliphatic heterocycles. The lowest BCUT2D eigenvalue weighted by Crippen LogP contribution is -2.47. The van der Waals surface area contributed by atoms with E-state index in [4.69, 9.17) is 12.2 Å². The molecule has 2 atom stereocenters. The predicted octanol–water partition coefficient (Wildman–Crippen LogP) is 2.40. The number of nitrogens with zero attached hydrogens (tertiary/aromatic N) is 2. The van der Waals surface area contributed by atoms with Gasteiger partial charge in [-0.25, -0.2) is 5.01 Å². The van der Waals surface area contributed by atoms with Gasteiger partial charge in [-0.1, -0.05) is 49.5 Å². The fourth-order valence-electron chi connectivity index (χ4n) is 1.88. The van der Waals surface area contributed by atoms with Crippen LogP contribution in [-0.2, 0) is 0 Å². The van der Waals surface area contributed by atoms with Gasteiger partial charge in [0, 0.05) is 17.2 Å². The fourth-order valence-corrected chi connectivity index (χ4v) is 2.24. The summed E-state index contributed by atoms with van der Waals surface area (Å²) >= 11 is 5.39. The highest BCUT2D eigenvalue weighted by Crippen LogP contribution is 2.31. The van der Waals surface area contributed by atoms with Crippen molar-refractivity contribution in [3.05, 3.63) is 35.9 Å². The normalized spacial score (nSPS) is 28.1. The largest absolute Gasteiger partial charge is 0.369 e. The molecule has 2 rings (SSSR count). The molecule has 0 radical (unpaired) electrons. The highest BCUT2D eigenvalue weighted by Gasteiger charge is 2.43. The van der Waals surface area contributed by atoms with Gasteiger partial charge in [0.25, 0.3) is 0 Å². The van der Waals surface area contributed by atoms with Crippen molar-refractivity contribution in [1.29, 1.82) is 0 Å². The van der Waals surface area contributed by atoms with Gasteiger partial charge in [-0.2, -0.15) is 5.10 Å². The molecule has 90 valence electrons. The Morgan fingerprint density at radius 1 is 1.41 bits per heavy atom. The van der Waals surface area contributed by atoms with Crippen LogP contribution < -0.4 is 0 Å². The second-order valence-electron chi connectivity index (χ2n) is 4.54. The third-order valence-corrected chi connectivity index (χ3v) is 3.76. The summed E-state index contributed by atoms with van der Waals surface area (Å²) in [5.41, 5.74) is 0.749. The summed E-state index contributed by atoms with van der Waals surface area (Å²) in [6.45, 7) is 5.60. The minimum absolute atomic E-state index is 0.0239. The van der Waals surface area contributed by atoms with E-state index < -0.39 is 5.72 Å². The van der Waals surface area contributed by atoms with Crippen molar-refractivity contribution in [1.82, 2.24) is 5.01 Å². The minimum Gasteiger partial charge on any atom is -0.369 e. The lowest BCUT2D eigenvalue weighted by atomic mass is 9.96. The summed E-state index contributed by atoms with van der Waals surface area (Å²) in [7, 11) is 0. The molecule has 1 aromatic carbocycles. The van der Waals surface area contributed by atoms with Crippen molar-refractivity contribution in [2.24, 2.45) is 11.0 Å². The number of aliphatic hydroxyl groups is 1. The number of hydrogen-bond acceptors (Lipinski definition) is 3. The van der Waals surface area contributed by atoms with Crippen molar-refractivity contribution < 1.29 is 5.11 Å². The zero-order chi connectivity index (χ0) is 12.6. The van der Waals surface area contributed by atoms with Gasteiger partial charge in [0.15, 0.2) is 5.72 Å². The summed E-state index contributed by atoms with van der Waals surface area (Å²) in [5, 5.41) is 16.3. The van der Waals surface area contributed by atoms with Gasteiger partial charge in [0.1, 0.15) is 4.99 Å². The van der Waals surface area contributed by atoms with Crippen molar-refractivity contribution in [2.75, 3.05) is 0 Å². The van der Waals surface area contributed by atoms with Crippen molar-refractivity contribution >= 4 is 22.9 Å². The van der Waals surface area contributed by atoms with Crippen molar-refractivity contribution in [3.8, 4) is 0 Å². The number of thiocarbonyl (C=S) groups is 1. The van der Waals surface area contributed by atoms with Gasteiger partial charge in [-0.15, -0.1) is 0 Å². The van der Waals surface area contributed by atoms with Crippen LogP contribution >= 0.6 is 12.2 Å². The Morgan fingerprint density at radius 3 is 2.47 bits per heavy atom. The van der Waals surface area contributed by atoms with Gasteiger partial charge in [0.05, 0.1) is 0 Å². The van der Waals surface area contributed by atoms with Crippen LogP contribution in [0.5, 0.6) is 0 Å². The SMILES string of the molecule is CC1=NN(C(=S)c2ccccc2)C(C)(O)C1C. The van der Waals surface area contributed by atoms with E-state index in [2.05, 4.69) is 5.10 Å². The second kappa shape index (κ2) is 4.20. The Morgan fingerprint density at radius 2 is 2.00 bits per heavy atom. The monoisotopic (exact) mass is 248 g/mol. The third kappa shape index (κ3) is 1.98. The maximum Gasteiger partial charge on any atom is 0.164 e. The standard InChI is InChI=1S/C13H16N2OS/c1-9-10(2)14-15(13(9,3)16)12(17)11-7-5-4-6-8-11/h4-9,16H,1-3H3. The third-order valence-electron chi connectivity index (χ3n) is 3.35. The summed E-state index contributed by atoms with van der Waals surface area (Å²) in [6, 6.07) is 9.63. The first-order valence-corrected chi connectivity index (χ1v) is 6.02. The predicted molar refractivity (Wildman–Crippen MR) is 72.9 cm³/mol. The van der Waals surface area contributed by atoms with Gasteiger partial charge < -0.3 is 5.11 Å². The average molecular weight is 248 g/mol. The van der Waals surface area contributed by atoms with E-state index >= 15 is 0 Å². The Labute approximate surface area is 107 Å². The van der Waals surface area contributed by atoms with Crippen molar-refractivity contribution in [3.63, 3.8) is 0 Å². The molecule has 0 saturated heterocycles. The summed E-state index contributed by atoms with van der Waals surface area (Å²) in [6.07, 6.45) is 0. The smallest absolute Gasteiger partial charge is 0.164 e. The van der Waals surface area contributed by atoms with Crippen LogP contribution in [0, 0.1) is 5.92 Å². The molecule has 0 saturated carbocycles. The summed E-state index contributed by atoms with van der Waals surface area (Å²) in [5.74, 6) is -0.0239. The Balaban J connectivity index is 2.34. The zero-order valence-corrected chi connectivity index (χ0v) is 11.0.